The molecule has 1 amide bonds. The summed E-state index contributed by atoms with van der Waals surface area (Å²) < 4.78 is 44.4. The summed E-state index contributed by atoms with van der Waals surface area (Å²) in [5.74, 6) is -0.477. The minimum absolute atomic E-state index is 0.0990. The molecule has 2 heterocycles. The van der Waals surface area contributed by atoms with E-state index in [0.717, 1.165) is 23.9 Å². The van der Waals surface area contributed by atoms with Gasteiger partial charge in [0.1, 0.15) is 16.2 Å². The molecule has 0 unspecified atom stereocenters. The van der Waals surface area contributed by atoms with Gasteiger partial charge in [-0.25, -0.2) is 0 Å². The fraction of sp³-hybridized carbons (Fsp3) is 0.0952. The van der Waals surface area contributed by atoms with Crippen molar-refractivity contribution in [2.45, 2.75) is 12.7 Å². The Kier molecular flexibility index (Phi) is 5.25. The molecule has 1 aromatic heterocycles. The summed E-state index contributed by atoms with van der Waals surface area (Å²) >= 11 is 6.22. The van der Waals surface area contributed by atoms with Crippen molar-refractivity contribution in [3.05, 3.63) is 86.6 Å². The third-order valence-electron chi connectivity index (χ3n) is 4.46. The Hall–Kier alpha value is -2.91. The summed E-state index contributed by atoms with van der Waals surface area (Å²) in [5.41, 5.74) is -0.174. The molecule has 152 valence electrons. The van der Waals surface area contributed by atoms with Gasteiger partial charge in [0.2, 0.25) is 0 Å². The molecule has 0 spiro atoms. The van der Waals surface area contributed by atoms with Crippen LogP contribution in [0, 0.1) is 0 Å². The molecule has 4 rings (SSSR count). The molecule has 0 atom stereocenters. The third kappa shape index (κ3) is 3.90. The molecular formula is C21H12F3NO3S2. The summed E-state index contributed by atoms with van der Waals surface area (Å²) in [6.45, 7) is -0.0990. The summed E-state index contributed by atoms with van der Waals surface area (Å²) in [6, 6.07) is 11.5. The number of rotatable bonds is 3. The molecule has 1 fully saturated rings. The van der Waals surface area contributed by atoms with E-state index in [2.05, 4.69) is 0 Å². The fourth-order valence-electron chi connectivity index (χ4n) is 3.00. The monoisotopic (exact) mass is 447 g/mol. The summed E-state index contributed by atoms with van der Waals surface area (Å²) in [7, 11) is 0. The molecule has 2 aromatic carbocycles. The van der Waals surface area contributed by atoms with Crippen molar-refractivity contribution in [2.75, 3.05) is 0 Å². The largest absolute Gasteiger partial charge is 0.463 e. The molecule has 0 saturated carbocycles. The van der Waals surface area contributed by atoms with Crippen LogP contribution < -0.4 is 5.43 Å². The maximum absolute atomic E-state index is 12.9. The smallest absolute Gasteiger partial charge is 0.416 e. The molecule has 30 heavy (non-hydrogen) atoms. The molecular weight excluding hydrogens is 435 g/mol. The molecule has 0 bridgehead atoms. The summed E-state index contributed by atoms with van der Waals surface area (Å²) in [4.78, 5) is 26.8. The van der Waals surface area contributed by atoms with Crippen molar-refractivity contribution in [1.82, 2.24) is 4.90 Å². The number of alkyl halides is 3. The lowest BCUT2D eigenvalue weighted by atomic mass is 10.1. The van der Waals surface area contributed by atoms with Gasteiger partial charge in [-0.15, -0.1) is 0 Å². The highest BCUT2D eigenvalue weighted by atomic mass is 32.2. The van der Waals surface area contributed by atoms with Crippen LogP contribution in [0.4, 0.5) is 13.2 Å². The molecule has 0 aliphatic carbocycles. The first kappa shape index (κ1) is 20.4. The van der Waals surface area contributed by atoms with E-state index in [4.69, 9.17) is 16.6 Å². The topological polar surface area (TPSA) is 50.5 Å². The number of fused-ring (bicyclic) bond motifs is 1. The molecule has 9 heteroatoms. The van der Waals surface area contributed by atoms with E-state index < -0.39 is 17.6 Å². The van der Waals surface area contributed by atoms with Crippen LogP contribution in [0.2, 0.25) is 0 Å². The molecule has 3 aromatic rings. The van der Waals surface area contributed by atoms with Gasteiger partial charge >= 0.3 is 6.18 Å². The number of hydrogen-bond acceptors (Lipinski definition) is 5. The molecule has 4 nitrogen and oxygen atoms in total. The van der Waals surface area contributed by atoms with Crippen molar-refractivity contribution in [2.24, 2.45) is 0 Å². The van der Waals surface area contributed by atoms with Gasteiger partial charge in [0.25, 0.3) is 5.91 Å². The number of halogens is 3. The SMILES string of the molecule is O=C1/C(=C/c2coc3ccccc3c2=O)SC(=S)N1Cc1cccc(C(F)(F)F)c1. The van der Waals surface area contributed by atoms with E-state index in [1.54, 1.807) is 24.3 Å². The molecule has 1 saturated heterocycles. The van der Waals surface area contributed by atoms with Crippen LogP contribution in [0.3, 0.4) is 0 Å². The highest BCUT2D eigenvalue weighted by Gasteiger charge is 2.34. The number of carbonyl (C=O) groups excluding carboxylic acids is 1. The second kappa shape index (κ2) is 7.73. The first-order valence-corrected chi connectivity index (χ1v) is 9.88. The zero-order valence-electron chi connectivity index (χ0n) is 15.1. The van der Waals surface area contributed by atoms with Gasteiger partial charge in [-0.3, -0.25) is 14.5 Å². The summed E-state index contributed by atoms with van der Waals surface area (Å²) in [6.07, 6.45) is -1.82. The average Bonchev–Trinajstić information content (AvgIpc) is 2.97. The second-order valence-electron chi connectivity index (χ2n) is 6.48. The number of nitrogens with zero attached hydrogens (tertiary/aromatic N) is 1. The Morgan fingerprint density at radius 2 is 1.87 bits per heavy atom. The van der Waals surface area contributed by atoms with Gasteiger partial charge in [0.15, 0.2) is 5.43 Å². The van der Waals surface area contributed by atoms with Crippen LogP contribution in [-0.2, 0) is 17.5 Å². The number of hydrogen-bond donors (Lipinski definition) is 0. The predicted octanol–water partition coefficient (Wildman–Crippen LogP) is 5.21. The normalized spacial score (nSPS) is 16.1. The first-order valence-electron chi connectivity index (χ1n) is 8.66. The van der Waals surface area contributed by atoms with E-state index in [1.165, 1.54) is 29.4 Å². The van der Waals surface area contributed by atoms with Crippen molar-refractivity contribution in [3.8, 4) is 0 Å². The first-order chi connectivity index (χ1) is 14.2. The lowest BCUT2D eigenvalue weighted by molar-refractivity contribution is -0.137. The minimum atomic E-state index is -4.48. The molecule has 1 aliphatic rings. The van der Waals surface area contributed by atoms with Crippen molar-refractivity contribution in [1.29, 1.82) is 0 Å². The number of thiocarbonyl (C=S) groups is 1. The third-order valence-corrected chi connectivity index (χ3v) is 5.84. The van der Waals surface area contributed by atoms with E-state index in [1.807, 2.05) is 0 Å². The Morgan fingerprint density at radius 1 is 1.10 bits per heavy atom. The van der Waals surface area contributed by atoms with Gasteiger partial charge in [0, 0.05) is 0 Å². The number of amides is 1. The maximum atomic E-state index is 12.9. The van der Waals surface area contributed by atoms with Crippen molar-refractivity contribution < 1.29 is 22.4 Å². The molecule has 0 radical (unpaired) electrons. The Labute approximate surface area is 178 Å². The zero-order chi connectivity index (χ0) is 21.5. The maximum Gasteiger partial charge on any atom is 0.416 e. The van der Waals surface area contributed by atoms with Crippen LogP contribution in [0.1, 0.15) is 16.7 Å². The quantitative estimate of drug-likeness (QED) is 0.407. The lowest BCUT2D eigenvalue weighted by Crippen LogP contribution is -2.27. The van der Waals surface area contributed by atoms with E-state index in [-0.39, 0.29) is 26.8 Å². The van der Waals surface area contributed by atoms with E-state index >= 15 is 0 Å². The Balaban J connectivity index is 1.62. The Bertz CT molecular complexity index is 1260. The average molecular weight is 447 g/mol. The lowest BCUT2D eigenvalue weighted by Gasteiger charge is -2.15. The minimum Gasteiger partial charge on any atom is -0.463 e. The van der Waals surface area contributed by atoms with Crippen LogP contribution >= 0.6 is 24.0 Å². The fourth-order valence-corrected chi connectivity index (χ4v) is 4.24. The number of benzene rings is 2. The second-order valence-corrected chi connectivity index (χ2v) is 8.16. The van der Waals surface area contributed by atoms with Crippen LogP contribution in [0.25, 0.3) is 17.0 Å². The molecule has 1 aliphatic heterocycles. The van der Waals surface area contributed by atoms with Crippen LogP contribution in [0.15, 0.2) is 68.9 Å². The molecule has 0 N–H and O–H groups in total. The van der Waals surface area contributed by atoms with Crippen LogP contribution in [0.5, 0.6) is 0 Å². The van der Waals surface area contributed by atoms with Crippen molar-refractivity contribution in [3.63, 3.8) is 0 Å². The van der Waals surface area contributed by atoms with Gasteiger partial charge < -0.3 is 4.42 Å². The van der Waals surface area contributed by atoms with Gasteiger partial charge in [-0.05, 0) is 35.9 Å². The van der Waals surface area contributed by atoms with Crippen LogP contribution in [-0.4, -0.2) is 15.1 Å². The Morgan fingerprint density at radius 3 is 2.63 bits per heavy atom. The van der Waals surface area contributed by atoms with Gasteiger partial charge in [-0.1, -0.05) is 48.2 Å². The number of para-hydroxylation sites is 1. The van der Waals surface area contributed by atoms with Gasteiger partial charge in [-0.2, -0.15) is 13.2 Å². The van der Waals surface area contributed by atoms with E-state index in [0.29, 0.717) is 16.5 Å². The number of thioether (sulfide) groups is 1. The highest BCUT2D eigenvalue weighted by Crippen LogP contribution is 2.34. The summed E-state index contributed by atoms with van der Waals surface area (Å²) in [5, 5.41) is 0.380. The van der Waals surface area contributed by atoms with Gasteiger partial charge in [0.05, 0.1) is 28.0 Å². The highest BCUT2D eigenvalue weighted by molar-refractivity contribution is 8.26. The number of carbonyl (C=O) groups is 1. The zero-order valence-corrected chi connectivity index (χ0v) is 16.7. The predicted molar refractivity (Wildman–Crippen MR) is 113 cm³/mol. The van der Waals surface area contributed by atoms with E-state index in [9.17, 15) is 22.8 Å². The van der Waals surface area contributed by atoms with Crippen molar-refractivity contribution >= 4 is 51.3 Å². The standard InChI is InChI=1S/C21H12F3NO3S2/c22-21(23,24)14-5-3-4-12(8-14)10-25-19(27)17(30-20(25)29)9-13-11-28-16-7-2-1-6-15(16)18(13)26/h1-9,11H,10H2/b17-9-.